The Morgan fingerprint density at radius 2 is 2.10 bits per heavy atom. The molecule has 0 unspecified atom stereocenters. The molecule has 1 aromatic carbocycles. The van der Waals surface area contributed by atoms with Crippen molar-refractivity contribution in [3.8, 4) is 5.75 Å². The fourth-order valence-corrected chi connectivity index (χ4v) is 1.81. The van der Waals surface area contributed by atoms with E-state index in [1.54, 1.807) is 6.20 Å². The molecule has 0 aliphatic carbocycles. The number of benzene rings is 1. The van der Waals surface area contributed by atoms with E-state index in [-0.39, 0.29) is 23.8 Å². The van der Waals surface area contributed by atoms with Crippen molar-refractivity contribution < 1.29 is 14.3 Å². The lowest BCUT2D eigenvalue weighted by molar-refractivity contribution is -0.116. The van der Waals surface area contributed by atoms with Gasteiger partial charge in [-0.2, -0.15) is 0 Å². The Morgan fingerprint density at radius 3 is 2.80 bits per heavy atom. The summed E-state index contributed by atoms with van der Waals surface area (Å²) in [4.78, 5) is 15.9. The molecule has 0 bridgehead atoms. The van der Waals surface area contributed by atoms with Crippen LogP contribution in [0.1, 0.15) is 18.5 Å². The van der Waals surface area contributed by atoms with Crippen LogP contribution in [0.3, 0.4) is 0 Å². The highest BCUT2D eigenvalue weighted by molar-refractivity contribution is 5.92. The maximum absolute atomic E-state index is 13.4. The molecule has 0 atom stereocenters. The largest absolute Gasteiger partial charge is 0.506 e. The van der Waals surface area contributed by atoms with Crippen LogP contribution in [0.15, 0.2) is 42.6 Å². The van der Waals surface area contributed by atoms with Crippen molar-refractivity contribution in [1.82, 2.24) is 4.98 Å². The topological polar surface area (TPSA) is 62.2 Å². The van der Waals surface area contributed by atoms with Gasteiger partial charge in [-0.25, -0.2) is 4.39 Å². The van der Waals surface area contributed by atoms with Gasteiger partial charge in [-0.1, -0.05) is 12.1 Å². The molecule has 0 saturated heterocycles. The van der Waals surface area contributed by atoms with Crippen molar-refractivity contribution in [2.24, 2.45) is 0 Å². The van der Waals surface area contributed by atoms with Gasteiger partial charge in [0.25, 0.3) is 0 Å². The summed E-state index contributed by atoms with van der Waals surface area (Å²) in [7, 11) is 0. The number of pyridine rings is 1. The third kappa shape index (κ3) is 3.78. The van der Waals surface area contributed by atoms with Crippen molar-refractivity contribution in [3.63, 3.8) is 0 Å². The van der Waals surface area contributed by atoms with E-state index in [1.807, 2.05) is 18.2 Å². The SMILES string of the molecule is O=C(CCCc1ccccn1)Nc1c(O)cccc1F. The molecule has 2 N–H and O–H groups in total. The summed E-state index contributed by atoms with van der Waals surface area (Å²) < 4.78 is 13.4. The number of aryl methyl sites for hydroxylation is 1. The molecule has 104 valence electrons. The number of nitrogens with zero attached hydrogens (tertiary/aromatic N) is 1. The minimum Gasteiger partial charge on any atom is -0.506 e. The van der Waals surface area contributed by atoms with Crippen LogP contribution in [0.25, 0.3) is 0 Å². The Kier molecular flexibility index (Phi) is 4.65. The summed E-state index contributed by atoms with van der Waals surface area (Å²) in [5.74, 6) is -1.26. The molecular weight excluding hydrogens is 259 g/mol. The lowest BCUT2D eigenvalue weighted by Crippen LogP contribution is -2.13. The van der Waals surface area contributed by atoms with Crippen molar-refractivity contribution in [3.05, 3.63) is 54.1 Å². The van der Waals surface area contributed by atoms with Gasteiger partial charge in [0.15, 0.2) is 5.82 Å². The molecule has 20 heavy (non-hydrogen) atoms. The number of nitrogens with one attached hydrogen (secondary N) is 1. The molecule has 0 fully saturated rings. The van der Waals surface area contributed by atoms with E-state index in [1.165, 1.54) is 18.2 Å². The molecule has 1 heterocycles. The average Bonchev–Trinajstić information content (AvgIpc) is 2.44. The maximum Gasteiger partial charge on any atom is 0.224 e. The van der Waals surface area contributed by atoms with Crippen LogP contribution < -0.4 is 5.32 Å². The fourth-order valence-electron chi connectivity index (χ4n) is 1.81. The molecule has 0 aliphatic rings. The monoisotopic (exact) mass is 274 g/mol. The van der Waals surface area contributed by atoms with E-state index in [2.05, 4.69) is 10.3 Å². The maximum atomic E-state index is 13.4. The standard InChI is InChI=1S/C15H15FN2O2/c16-12-7-4-8-13(19)15(12)18-14(20)9-3-6-11-5-1-2-10-17-11/h1-2,4-5,7-8,10,19H,3,6,9H2,(H,18,20). The summed E-state index contributed by atoms with van der Waals surface area (Å²) in [5, 5.41) is 11.9. The van der Waals surface area contributed by atoms with Crippen LogP contribution in [0.2, 0.25) is 0 Å². The van der Waals surface area contributed by atoms with Crippen LogP contribution in [-0.2, 0) is 11.2 Å². The highest BCUT2D eigenvalue weighted by atomic mass is 19.1. The van der Waals surface area contributed by atoms with Gasteiger partial charge in [-0.3, -0.25) is 9.78 Å². The Morgan fingerprint density at radius 1 is 1.25 bits per heavy atom. The predicted molar refractivity (Wildman–Crippen MR) is 73.9 cm³/mol. The van der Waals surface area contributed by atoms with Gasteiger partial charge in [0.05, 0.1) is 0 Å². The summed E-state index contributed by atoms with van der Waals surface area (Å²) in [6.07, 6.45) is 3.23. The number of halogens is 1. The molecule has 2 rings (SSSR count). The highest BCUT2D eigenvalue weighted by Crippen LogP contribution is 2.25. The minimum atomic E-state index is -0.650. The number of amides is 1. The molecule has 1 amide bonds. The molecule has 2 aromatic rings. The number of hydrogen-bond donors (Lipinski definition) is 2. The van der Waals surface area contributed by atoms with Gasteiger partial charge in [0, 0.05) is 18.3 Å². The Labute approximate surface area is 116 Å². The lowest BCUT2D eigenvalue weighted by atomic mass is 10.1. The van der Waals surface area contributed by atoms with Gasteiger partial charge < -0.3 is 10.4 Å². The summed E-state index contributed by atoms with van der Waals surface area (Å²) in [5.41, 5.74) is 0.740. The Hall–Kier alpha value is -2.43. The van der Waals surface area contributed by atoms with Crippen LogP contribution in [0.4, 0.5) is 10.1 Å². The normalized spacial score (nSPS) is 10.2. The lowest BCUT2D eigenvalue weighted by Gasteiger charge is -2.08. The van der Waals surface area contributed by atoms with Gasteiger partial charge >= 0.3 is 0 Å². The van der Waals surface area contributed by atoms with Gasteiger partial charge in [-0.15, -0.1) is 0 Å². The number of phenols is 1. The first-order valence-corrected chi connectivity index (χ1v) is 6.34. The zero-order valence-electron chi connectivity index (χ0n) is 10.8. The molecule has 0 radical (unpaired) electrons. The van der Waals surface area contributed by atoms with E-state index in [4.69, 9.17) is 0 Å². The van der Waals surface area contributed by atoms with Crippen LogP contribution in [-0.4, -0.2) is 16.0 Å². The molecule has 0 aliphatic heterocycles. The zero-order chi connectivity index (χ0) is 14.4. The molecular formula is C15H15FN2O2. The number of hydrogen-bond acceptors (Lipinski definition) is 3. The second kappa shape index (κ2) is 6.65. The average molecular weight is 274 g/mol. The summed E-state index contributed by atoms with van der Waals surface area (Å²) in [6.45, 7) is 0. The minimum absolute atomic E-state index is 0.171. The number of anilines is 1. The first-order chi connectivity index (χ1) is 9.66. The smallest absolute Gasteiger partial charge is 0.224 e. The first kappa shape index (κ1) is 14.0. The molecule has 1 aromatic heterocycles. The number of aromatic nitrogens is 1. The molecule has 5 heteroatoms. The van der Waals surface area contributed by atoms with Crippen molar-refractivity contribution in [1.29, 1.82) is 0 Å². The Bertz CT molecular complexity index is 567. The molecule has 0 spiro atoms. The second-order valence-corrected chi connectivity index (χ2v) is 4.36. The number of phenolic OH excluding ortho intramolecular Hbond substituents is 1. The van der Waals surface area contributed by atoms with Gasteiger partial charge in [0.1, 0.15) is 11.4 Å². The third-order valence-corrected chi connectivity index (χ3v) is 2.82. The van der Waals surface area contributed by atoms with Crippen molar-refractivity contribution >= 4 is 11.6 Å². The van der Waals surface area contributed by atoms with E-state index < -0.39 is 5.82 Å². The van der Waals surface area contributed by atoms with Crippen molar-refractivity contribution in [2.75, 3.05) is 5.32 Å². The Balaban J connectivity index is 1.84. The number of carbonyl (C=O) groups excluding carboxylic acids is 1. The quantitative estimate of drug-likeness (QED) is 0.824. The summed E-state index contributed by atoms with van der Waals surface area (Å²) in [6, 6.07) is 9.49. The third-order valence-electron chi connectivity index (χ3n) is 2.82. The summed E-state index contributed by atoms with van der Waals surface area (Å²) >= 11 is 0. The van der Waals surface area contributed by atoms with E-state index in [0.717, 1.165) is 5.69 Å². The zero-order valence-corrected chi connectivity index (χ0v) is 10.8. The van der Waals surface area contributed by atoms with Crippen molar-refractivity contribution in [2.45, 2.75) is 19.3 Å². The van der Waals surface area contributed by atoms with Crippen LogP contribution >= 0.6 is 0 Å². The van der Waals surface area contributed by atoms with Crippen LogP contribution in [0.5, 0.6) is 5.75 Å². The molecule has 4 nitrogen and oxygen atoms in total. The predicted octanol–water partition coefficient (Wildman–Crippen LogP) is 2.89. The van der Waals surface area contributed by atoms with Crippen LogP contribution in [0, 0.1) is 5.82 Å². The highest BCUT2D eigenvalue weighted by Gasteiger charge is 2.11. The number of para-hydroxylation sites is 1. The van der Waals surface area contributed by atoms with Gasteiger partial charge in [-0.05, 0) is 37.1 Å². The molecule has 0 saturated carbocycles. The number of rotatable bonds is 5. The second-order valence-electron chi connectivity index (χ2n) is 4.36. The first-order valence-electron chi connectivity index (χ1n) is 6.34. The number of carbonyl (C=O) groups is 1. The van der Waals surface area contributed by atoms with Gasteiger partial charge in [0.2, 0.25) is 5.91 Å². The van der Waals surface area contributed by atoms with E-state index in [9.17, 15) is 14.3 Å². The van der Waals surface area contributed by atoms with E-state index >= 15 is 0 Å². The van der Waals surface area contributed by atoms with E-state index in [0.29, 0.717) is 12.8 Å². The number of aromatic hydroxyl groups is 1. The fraction of sp³-hybridized carbons (Fsp3) is 0.200.